The summed E-state index contributed by atoms with van der Waals surface area (Å²) in [7, 11) is 2.15. The maximum Gasteiger partial charge on any atom is 0.0952 e. The van der Waals surface area contributed by atoms with Crippen LogP contribution in [0.15, 0.2) is 60.7 Å². The van der Waals surface area contributed by atoms with E-state index in [1.165, 1.54) is 5.56 Å². The first-order valence-corrected chi connectivity index (χ1v) is 7.66. The van der Waals surface area contributed by atoms with Crippen molar-refractivity contribution in [3.8, 4) is 0 Å². The van der Waals surface area contributed by atoms with E-state index in [1.807, 2.05) is 36.4 Å². The third-order valence-corrected chi connectivity index (χ3v) is 4.96. The molecule has 0 aliphatic carbocycles. The second kappa shape index (κ2) is 5.63. The monoisotopic (exact) mass is 281 g/mol. The van der Waals surface area contributed by atoms with Crippen LogP contribution in [0.2, 0.25) is 0 Å². The summed E-state index contributed by atoms with van der Waals surface area (Å²) >= 11 is 0. The molecule has 3 rings (SSSR count). The van der Waals surface area contributed by atoms with Gasteiger partial charge in [0.05, 0.1) is 5.60 Å². The quantitative estimate of drug-likeness (QED) is 0.909. The molecule has 21 heavy (non-hydrogen) atoms. The zero-order chi connectivity index (χ0) is 14.9. The van der Waals surface area contributed by atoms with Crippen molar-refractivity contribution in [3.05, 3.63) is 71.8 Å². The van der Waals surface area contributed by atoms with E-state index in [1.54, 1.807) is 0 Å². The van der Waals surface area contributed by atoms with E-state index >= 15 is 0 Å². The molecule has 110 valence electrons. The first-order valence-electron chi connectivity index (χ1n) is 7.66. The van der Waals surface area contributed by atoms with Gasteiger partial charge in [0.1, 0.15) is 0 Å². The molecule has 1 aliphatic rings. The van der Waals surface area contributed by atoms with Gasteiger partial charge >= 0.3 is 0 Å². The second-order valence-electron chi connectivity index (χ2n) is 6.17. The average molecular weight is 281 g/mol. The van der Waals surface area contributed by atoms with Gasteiger partial charge in [-0.2, -0.15) is 0 Å². The summed E-state index contributed by atoms with van der Waals surface area (Å²) in [5.74, 6) is 0.140. The van der Waals surface area contributed by atoms with Crippen molar-refractivity contribution >= 4 is 0 Å². The van der Waals surface area contributed by atoms with E-state index in [9.17, 15) is 5.11 Å². The molecule has 0 aromatic heterocycles. The Morgan fingerprint density at radius 3 is 2.19 bits per heavy atom. The Balaban J connectivity index is 1.99. The number of benzene rings is 2. The second-order valence-corrected chi connectivity index (χ2v) is 6.17. The van der Waals surface area contributed by atoms with E-state index in [0.29, 0.717) is 0 Å². The van der Waals surface area contributed by atoms with Crippen LogP contribution in [0.5, 0.6) is 0 Å². The van der Waals surface area contributed by atoms with Gasteiger partial charge in [-0.05, 0) is 24.6 Å². The van der Waals surface area contributed by atoms with E-state index in [2.05, 4.69) is 43.1 Å². The van der Waals surface area contributed by atoms with Crippen molar-refractivity contribution in [3.63, 3.8) is 0 Å². The topological polar surface area (TPSA) is 23.5 Å². The lowest BCUT2D eigenvalue weighted by Gasteiger charge is -2.48. The Morgan fingerprint density at radius 2 is 1.57 bits per heavy atom. The normalized spacial score (nSPS) is 30.2. The third kappa shape index (κ3) is 2.50. The molecule has 1 saturated heterocycles. The molecule has 1 fully saturated rings. The molecular weight excluding hydrogens is 258 g/mol. The number of piperidine rings is 1. The van der Waals surface area contributed by atoms with Crippen molar-refractivity contribution in [2.24, 2.45) is 5.92 Å². The van der Waals surface area contributed by atoms with Crippen LogP contribution in [-0.2, 0) is 5.60 Å². The Hall–Kier alpha value is -1.64. The van der Waals surface area contributed by atoms with Gasteiger partial charge < -0.3 is 5.11 Å². The van der Waals surface area contributed by atoms with E-state index in [-0.39, 0.29) is 12.0 Å². The Kier molecular flexibility index (Phi) is 3.83. The maximum atomic E-state index is 11.3. The van der Waals surface area contributed by atoms with Gasteiger partial charge in [-0.3, -0.25) is 4.90 Å². The fourth-order valence-corrected chi connectivity index (χ4v) is 3.68. The first-order chi connectivity index (χ1) is 10.1. The van der Waals surface area contributed by atoms with Gasteiger partial charge in [-0.25, -0.2) is 0 Å². The number of rotatable bonds is 2. The molecule has 1 aliphatic heterocycles. The lowest BCUT2D eigenvalue weighted by molar-refractivity contribution is -0.0952. The van der Waals surface area contributed by atoms with Crippen LogP contribution in [0.1, 0.15) is 30.5 Å². The smallest absolute Gasteiger partial charge is 0.0952 e. The van der Waals surface area contributed by atoms with Crippen molar-refractivity contribution < 1.29 is 5.11 Å². The minimum absolute atomic E-state index is 0.140. The molecule has 0 amide bonds. The molecule has 0 radical (unpaired) electrons. The van der Waals surface area contributed by atoms with Crippen molar-refractivity contribution in [1.82, 2.24) is 4.90 Å². The van der Waals surface area contributed by atoms with Crippen molar-refractivity contribution in [2.75, 3.05) is 13.6 Å². The van der Waals surface area contributed by atoms with E-state index in [4.69, 9.17) is 0 Å². The minimum atomic E-state index is -0.756. The number of likely N-dealkylation sites (tertiary alicyclic amines) is 1. The van der Waals surface area contributed by atoms with Gasteiger partial charge in [0.2, 0.25) is 0 Å². The summed E-state index contributed by atoms with van der Waals surface area (Å²) in [5, 5.41) is 11.3. The fourth-order valence-electron chi connectivity index (χ4n) is 3.68. The highest BCUT2D eigenvalue weighted by Gasteiger charge is 2.45. The van der Waals surface area contributed by atoms with Gasteiger partial charge in [-0.15, -0.1) is 0 Å². The summed E-state index contributed by atoms with van der Waals surface area (Å²) in [5.41, 5.74) is 1.56. The molecule has 1 N–H and O–H groups in total. The van der Waals surface area contributed by atoms with Crippen molar-refractivity contribution in [1.29, 1.82) is 0 Å². The maximum absolute atomic E-state index is 11.3. The SMILES string of the molecule is C[C@@H]1[C@@H](c2ccccc2)N(C)CC[C@@]1(O)c1ccccc1. The zero-order valence-corrected chi connectivity index (χ0v) is 12.7. The molecule has 2 nitrogen and oxygen atoms in total. The van der Waals surface area contributed by atoms with Crippen LogP contribution in [0.25, 0.3) is 0 Å². The number of nitrogens with zero attached hydrogens (tertiary/aromatic N) is 1. The first kappa shape index (κ1) is 14.3. The third-order valence-electron chi connectivity index (χ3n) is 4.96. The zero-order valence-electron chi connectivity index (χ0n) is 12.7. The molecular formula is C19H23NO. The van der Waals surface area contributed by atoms with Crippen LogP contribution < -0.4 is 0 Å². The lowest BCUT2D eigenvalue weighted by atomic mass is 9.71. The highest BCUT2D eigenvalue weighted by atomic mass is 16.3. The van der Waals surface area contributed by atoms with E-state index < -0.39 is 5.60 Å². The number of hydrogen-bond donors (Lipinski definition) is 1. The van der Waals surface area contributed by atoms with Crippen LogP contribution in [0.4, 0.5) is 0 Å². The predicted octanol–water partition coefficient (Wildman–Crippen LogP) is 3.59. The Morgan fingerprint density at radius 1 is 1.00 bits per heavy atom. The standard InChI is InChI=1S/C19H23NO/c1-15-18(16-9-5-3-6-10-16)20(2)14-13-19(15,21)17-11-7-4-8-12-17/h3-12,15,18,21H,13-14H2,1-2H3/t15-,18+,19+/m1/s1. The number of aliphatic hydroxyl groups is 1. The molecule has 0 unspecified atom stereocenters. The van der Waals surface area contributed by atoms with Gasteiger partial charge in [0.25, 0.3) is 0 Å². The summed E-state index contributed by atoms with van der Waals surface area (Å²) in [6, 6.07) is 20.9. The Labute approximate surface area is 127 Å². The molecule has 2 aromatic carbocycles. The van der Waals surface area contributed by atoms with Gasteiger partial charge in [0.15, 0.2) is 0 Å². The number of hydrogen-bond acceptors (Lipinski definition) is 2. The molecule has 3 atom stereocenters. The summed E-state index contributed by atoms with van der Waals surface area (Å²) in [6.07, 6.45) is 0.776. The van der Waals surface area contributed by atoms with Crippen LogP contribution in [0.3, 0.4) is 0 Å². The summed E-state index contributed by atoms with van der Waals surface area (Å²) < 4.78 is 0. The predicted molar refractivity (Wildman–Crippen MR) is 85.9 cm³/mol. The van der Waals surface area contributed by atoms with Crippen molar-refractivity contribution in [2.45, 2.75) is 25.0 Å². The molecule has 2 heteroatoms. The van der Waals surface area contributed by atoms with Gasteiger partial charge in [0, 0.05) is 18.5 Å². The summed E-state index contributed by atoms with van der Waals surface area (Å²) in [4.78, 5) is 2.36. The molecule has 0 bridgehead atoms. The largest absolute Gasteiger partial charge is 0.385 e. The van der Waals surface area contributed by atoms with E-state index in [0.717, 1.165) is 18.5 Å². The van der Waals surface area contributed by atoms with Crippen LogP contribution in [0, 0.1) is 5.92 Å². The van der Waals surface area contributed by atoms with Gasteiger partial charge in [-0.1, -0.05) is 67.6 Å². The molecule has 0 spiro atoms. The minimum Gasteiger partial charge on any atom is -0.385 e. The molecule has 2 aromatic rings. The molecule has 0 saturated carbocycles. The fraction of sp³-hybridized carbons (Fsp3) is 0.368. The van der Waals surface area contributed by atoms with Crippen LogP contribution >= 0.6 is 0 Å². The highest BCUT2D eigenvalue weighted by Crippen LogP contribution is 2.46. The average Bonchev–Trinajstić information content (AvgIpc) is 2.53. The highest BCUT2D eigenvalue weighted by molar-refractivity contribution is 5.28. The summed E-state index contributed by atoms with van der Waals surface area (Å²) in [6.45, 7) is 3.07. The Bertz CT molecular complexity index is 583. The van der Waals surface area contributed by atoms with Crippen LogP contribution in [-0.4, -0.2) is 23.6 Å². The molecule has 1 heterocycles. The lowest BCUT2D eigenvalue weighted by Crippen LogP contribution is -2.49.